The zero-order valence-corrected chi connectivity index (χ0v) is 18.5. The maximum atomic E-state index is 5.39. The normalized spacial score (nSPS) is 14.1. The summed E-state index contributed by atoms with van der Waals surface area (Å²) in [6.07, 6.45) is 2.62. The molecule has 0 atom stereocenters. The molecule has 148 valence electrons. The Morgan fingerprint density at radius 2 is 1.96 bits per heavy atom. The van der Waals surface area contributed by atoms with Crippen LogP contribution in [0, 0.1) is 0 Å². The highest BCUT2D eigenvalue weighted by atomic mass is 127. The molecule has 0 bridgehead atoms. The van der Waals surface area contributed by atoms with Gasteiger partial charge in [0.2, 0.25) is 0 Å². The first kappa shape index (κ1) is 23.0. The molecule has 2 N–H and O–H groups in total. The van der Waals surface area contributed by atoms with Crippen molar-refractivity contribution < 1.29 is 9.47 Å². The van der Waals surface area contributed by atoms with E-state index in [9.17, 15) is 0 Å². The number of rotatable bonds is 11. The molecule has 1 aliphatic rings. The highest BCUT2D eigenvalue weighted by Gasteiger charge is 2.28. The van der Waals surface area contributed by atoms with Crippen LogP contribution in [-0.2, 0) is 11.3 Å². The average Bonchev–Trinajstić information content (AvgIpc) is 3.47. The predicted molar refractivity (Wildman–Crippen MR) is 118 cm³/mol. The molecule has 0 spiro atoms. The minimum Gasteiger partial charge on any atom is -0.496 e. The van der Waals surface area contributed by atoms with Gasteiger partial charge in [-0.1, -0.05) is 18.2 Å². The quantitative estimate of drug-likeness (QED) is 0.292. The molecule has 0 unspecified atom stereocenters. The van der Waals surface area contributed by atoms with Crippen LogP contribution >= 0.6 is 24.0 Å². The molecule has 1 fully saturated rings. The number of hydrogen-bond donors (Lipinski definition) is 2. The third kappa shape index (κ3) is 8.09. The van der Waals surface area contributed by atoms with Crippen molar-refractivity contribution in [2.24, 2.45) is 4.99 Å². The highest BCUT2D eigenvalue weighted by molar-refractivity contribution is 14.0. The molecular weight excluding hydrogens is 443 g/mol. The zero-order valence-electron chi connectivity index (χ0n) is 16.2. The van der Waals surface area contributed by atoms with Gasteiger partial charge in [0.15, 0.2) is 5.96 Å². The second kappa shape index (κ2) is 13.2. The summed E-state index contributed by atoms with van der Waals surface area (Å²) in [5, 5.41) is 6.74. The first-order chi connectivity index (χ1) is 12.3. The first-order valence-electron chi connectivity index (χ1n) is 9.15. The third-order valence-corrected chi connectivity index (χ3v) is 4.28. The van der Waals surface area contributed by atoms with E-state index in [2.05, 4.69) is 27.4 Å². The van der Waals surface area contributed by atoms with Crippen molar-refractivity contribution in [1.29, 1.82) is 0 Å². The van der Waals surface area contributed by atoms with Crippen molar-refractivity contribution >= 4 is 29.9 Å². The number of nitrogens with zero attached hydrogens (tertiary/aromatic N) is 2. The molecule has 0 saturated heterocycles. The molecular formula is C19H33IN4O2. The summed E-state index contributed by atoms with van der Waals surface area (Å²) in [7, 11) is 3.45. The number of nitrogens with one attached hydrogen (secondary N) is 2. The smallest absolute Gasteiger partial charge is 0.191 e. The van der Waals surface area contributed by atoms with Gasteiger partial charge in [0, 0.05) is 44.9 Å². The van der Waals surface area contributed by atoms with Crippen LogP contribution in [0.5, 0.6) is 5.75 Å². The number of guanidine groups is 1. The molecule has 0 amide bonds. The van der Waals surface area contributed by atoms with Crippen LogP contribution in [0.2, 0.25) is 0 Å². The van der Waals surface area contributed by atoms with Gasteiger partial charge in [-0.05, 0) is 25.8 Å². The van der Waals surface area contributed by atoms with E-state index in [4.69, 9.17) is 9.47 Å². The van der Waals surface area contributed by atoms with Crippen molar-refractivity contribution in [3.8, 4) is 5.75 Å². The fraction of sp³-hybridized carbons (Fsp3) is 0.632. The van der Waals surface area contributed by atoms with Gasteiger partial charge in [0.1, 0.15) is 5.75 Å². The van der Waals surface area contributed by atoms with E-state index < -0.39 is 0 Å². The van der Waals surface area contributed by atoms with Crippen molar-refractivity contribution in [3.63, 3.8) is 0 Å². The number of benzene rings is 1. The number of ether oxygens (including phenoxy) is 2. The highest BCUT2D eigenvalue weighted by Crippen LogP contribution is 2.26. The molecule has 0 aromatic heterocycles. The van der Waals surface area contributed by atoms with E-state index >= 15 is 0 Å². The summed E-state index contributed by atoms with van der Waals surface area (Å²) in [6.45, 7) is 7.18. The summed E-state index contributed by atoms with van der Waals surface area (Å²) in [5.41, 5.74) is 1.09. The molecule has 1 saturated carbocycles. The lowest BCUT2D eigenvalue weighted by Crippen LogP contribution is -2.42. The number of aliphatic imine (C=N–C) groups is 1. The summed E-state index contributed by atoms with van der Waals surface area (Å²) < 4.78 is 10.6. The van der Waals surface area contributed by atoms with Crippen LogP contribution < -0.4 is 15.4 Å². The lowest BCUT2D eigenvalue weighted by Gasteiger charge is -2.22. The summed E-state index contributed by atoms with van der Waals surface area (Å²) in [5.74, 6) is 1.72. The molecule has 1 aliphatic carbocycles. The van der Waals surface area contributed by atoms with E-state index in [0.717, 1.165) is 56.1 Å². The number of methoxy groups -OCH3 is 2. The Labute approximate surface area is 174 Å². The van der Waals surface area contributed by atoms with E-state index in [0.29, 0.717) is 6.54 Å². The number of halogens is 1. The van der Waals surface area contributed by atoms with E-state index in [-0.39, 0.29) is 24.0 Å². The fourth-order valence-corrected chi connectivity index (χ4v) is 2.78. The van der Waals surface area contributed by atoms with Crippen LogP contribution in [0.15, 0.2) is 29.3 Å². The van der Waals surface area contributed by atoms with Gasteiger partial charge in [-0.25, -0.2) is 4.99 Å². The molecule has 6 nitrogen and oxygen atoms in total. The van der Waals surface area contributed by atoms with Crippen LogP contribution in [0.1, 0.15) is 25.3 Å². The maximum Gasteiger partial charge on any atom is 0.191 e. The third-order valence-electron chi connectivity index (χ3n) is 4.28. The molecule has 1 aromatic rings. The number of hydrogen-bond acceptors (Lipinski definition) is 4. The molecule has 0 aliphatic heterocycles. The van der Waals surface area contributed by atoms with Gasteiger partial charge in [-0.3, -0.25) is 4.90 Å². The number of para-hydroxylation sites is 1. The largest absolute Gasteiger partial charge is 0.496 e. The summed E-state index contributed by atoms with van der Waals surface area (Å²) >= 11 is 0. The lowest BCUT2D eigenvalue weighted by molar-refractivity contribution is 0.144. The summed E-state index contributed by atoms with van der Waals surface area (Å²) in [6, 6.07) is 8.74. The molecule has 7 heteroatoms. The van der Waals surface area contributed by atoms with Crippen LogP contribution in [0.25, 0.3) is 0 Å². The van der Waals surface area contributed by atoms with Crippen LogP contribution in [0.4, 0.5) is 0 Å². The Balaban J connectivity index is 0.00000338. The SMILES string of the molecule is CCNC(=NCc1ccccc1OC)NCCN(CCOC)C1CC1.I. The zero-order chi connectivity index (χ0) is 17.9. The molecule has 26 heavy (non-hydrogen) atoms. The second-order valence-corrected chi connectivity index (χ2v) is 6.19. The molecule has 0 heterocycles. The van der Waals surface area contributed by atoms with E-state index in [1.165, 1.54) is 12.8 Å². The fourth-order valence-electron chi connectivity index (χ4n) is 2.78. The Hall–Kier alpha value is -1.06. The molecule has 2 rings (SSSR count). The average molecular weight is 476 g/mol. The van der Waals surface area contributed by atoms with Gasteiger partial charge in [-0.15, -0.1) is 24.0 Å². The van der Waals surface area contributed by atoms with Gasteiger partial charge in [0.05, 0.1) is 20.3 Å². The standard InChI is InChI=1S/C19H32N4O2.HI/c1-4-20-19(22-15-16-7-5-6-8-18(16)25-3)21-11-12-23(13-14-24-2)17-9-10-17;/h5-8,17H,4,9-15H2,1-3H3,(H2,20,21,22);1H. The van der Waals surface area contributed by atoms with Gasteiger partial charge in [-0.2, -0.15) is 0 Å². The predicted octanol–water partition coefficient (Wildman–Crippen LogP) is 2.48. The van der Waals surface area contributed by atoms with Gasteiger partial charge in [0.25, 0.3) is 0 Å². The van der Waals surface area contributed by atoms with Crippen LogP contribution in [0.3, 0.4) is 0 Å². The van der Waals surface area contributed by atoms with Gasteiger partial charge >= 0.3 is 0 Å². The minimum absolute atomic E-state index is 0. The van der Waals surface area contributed by atoms with Gasteiger partial charge < -0.3 is 20.1 Å². The minimum atomic E-state index is 0. The topological polar surface area (TPSA) is 58.1 Å². The van der Waals surface area contributed by atoms with Crippen molar-refractivity contribution in [1.82, 2.24) is 15.5 Å². The van der Waals surface area contributed by atoms with E-state index in [1.807, 2.05) is 24.3 Å². The maximum absolute atomic E-state index is 5.39. The Kier molecular flexibility index (Phi) is 11.6. The Morgan fingerprint density at radius 1 is 1.19 bits per heavy atom. The van der Waals surface area contributed by atoms with Crippen molar-refractivity contribution in [2.45, 2.75) is 32.4 Å². The first-order valence-corrected chi connectivity index (χ1v) is 9.15. The monoisotopic (exact) mass is 476 g/mol. The van der Waals surface area contributed by atoms with Crippen LogP contribution in [-0.4, -0.2) is 63.9 Å². The lowest BCUT2D eigenvalue weighted by atomic mass is 10.2. The van der Waals surface area contributed by atoms with E-state index in [1.54, 1.807) is 14.2 Å². The second-order valence-electron chi connectivity index (χ2n) is 6.19. The molecule has 0 radical (unpaired) electrons. The van der Waals surface area contributed by atoms with Crippen molar-refractivity contribution in [2.75, 3.05) is 47.0 Å². The Bertz CT molecular complexity index is 538. The summed E-state index contributed by atoms with van der Waals surface area (Å²) in [4.78, 5) is 7.18. The van der Waals surface area contributed by atoms with Crippen molar-refractivity contribution in [3.05, 3.63) is 29.8 Å². The Morgan fingerprint density at radius 3 is 2.62 bits per heavy atom. The molecule has 1 aromatic carbocycles.